The minimum Gasteiger partial charge on any atom is 0 e. The summed E-state index contributed by atoms with van der Waals surface area (Å²) in [4.78, 5) is 0. The smallest absolute Gasteiger partial charge is 0 e. The van der Waals surface area contributed by atoms with Gasteiger partial charge in [-0.15, -0.1) is 0 Å². The first-order valence-corrected chi connectivity index (χ1v) is 0. The summed E-state index contributed by atoms with van der Waals surface area (Å²) >= 11 is 0. The van der Waals surface area contributed by atoms with Crippen molar-refractivity contribution in [1.82, 2.24) is 0 Å². The molecule has 0 aromatic carbocycles. The molecular formula is H2CaCdCuZn. The fourth-order valence-corrected chi connectivity index (χ4v) is 0. The summed E-state index contributed by atoms with van der Waals surface area (Å²) in [6.07, 6.45) is 0. The molecule has 0 nitrogen and oxygen atoms in total. The molecule has 0 bridgehead atoms. The Morgan fingerprint density at radius 3 is 1.00 bits per heavy atom. The molecule has 0 atom stereocenters. The molecule has 0 spiro atoms. The topological polar surface area (TPSA) is 0 Å². The Morgan fingerprint density at radius 1 is 1.00 bits per heavy atom. The predicted octanol–water partition coefficient (Wildman–Crippen LogP) is -0.924. The zero-order chi connectivity index (χ0) is 0. The predicted molar refractivity (Wildman–Crippen MR) is 8.54 cm³/mol. The van der Waals surface area contributed by atoms with Crippen molar-refractivity contribution in [3.05, 3.63) is 0 Å². The monoisotopic (exact) mass is 283 g/mol. The van der Waals surface area contributed by atoms with E-state index in [0.717, 1.165) is 0 Å². The van der Waals surface area contributed by atoms with E-state index in [-0.39, 0.29) is 102 Å². The third-order valence-corrected chi connectivity index (χ3v) is 0. The SMILES string of the molecule is [CaH2].[Cd].[Cu].[Zn]. The second kappa shape index (κ2) is 16.2. The first-order chi connectivity index (χ1) is 0. The van der Waals surface area contributed by atoms with Gasteiger partial charge >= 0.3 is 37.7 Å². The molecule has 0 fully saturated rings. The van der Waals surface area contributed by atoms with E-state index in [9.17, 15) is 0 Å². The minimum absolute atomic E-state index is 0. The first-order valence-electron chi connectivity index (χ1n) is 0. The first kappa shape index (κ1) is 26.5. The summed E-state index contributed by atoms with van der Waals surface area (Å²) in [6, 6.07) is 0. The quantitative estimate of drug-likeness (QED) is 0.504. The van der Waals surface area contributed by atoms with E-state index in [1.54, 1.807) is 0 Å². The molecule has 0 N–H and O–H groups in total. The summed E-state index contributed by atoms with van der Waals surface area (Å²) in [7, 11) is 0. The normalized spacial score (nSPS) is 0. The Hall–Kier alpha value is 3.32. The van der Waals surface area contributed by atoms with E-state index in [4.69, 9.17) is 0 Å². The van der Waals surface area contributed by atoms with E-state index in [1.165, 1.54) is 0 Å². The van der Waals surface area contributed by atoms with Crippen molar-refractivity contribution >= 4 is 37.7 Å². The molecule has 1 radical (unpaired) electrons. The maximum Gasteiger partial charge on any atom is 0 e. The van der Waals surface area contributed by atoms with Gasteiger partial charge in [0.15, 0.2) is 0 Å². The molecule has 0 aromatic heterocycles. The Bertz CT molecular complexity index is 8.00. The van der Waals surface area contributed by atoms with E-state index < -0.39 is 0 Å². The van der Waals surface area contributed by atoms with Crippen LogP contribution in [0, 0.1) is 0 Å². The Labute approximate surface area is 99.2 Å². The van der Waals surface area contributed by atoms with Gasteiger partial charge in [0.2, 0.25) is 0 Å². The van der Waals surface area contributed by atoms with Crippen LogP contribution >= 0.6 is 0 Å². The second-order valence-corrected chi connectivity index (χ2v) is 0. The molecule has 0 heterocycles. The van der Waals surface area contributed by atoms with Gasteiger partial charge in [0, 0.05) is 63.8 Å². The van der Waals surface area contributed by atoms with Crippen LogP contribution in [0.4, 0.5) is 0 Å². The van der Waals surface area contributed by atoms with Crippen LogP contribution in [-0.2, 0) is 63.8 Å². The van der Waals surface area contributed by atoms with Crippen molar-refractivity contribution in [3.8, 4) is 0 Å². The zero-order valence-electron chi connectivity index (χ0n) is 1.72. The summed E-state index contributed by atoms with van der Waals surface area (Å²) in [5.41, 5.74) is 0. The van der Waals surface area contributed by atoms with Crippen LogP contribution in [-0.4, -0.2) is 37.7 Å². The molecule has 0 aliphatic carbocycles. The molecule has 0 amide bonds. The van der Waals surface area contributed by atoms with E-state index in [1.807, 2.05) is 0 Å². The molecule has 0 aliphatic rings. The van der Waals surface area contributed by atoms with Gasteiger partial charge < -0.3 is 0 Å². The zero-order valence-corrected chi connectivity index (χ0v) is 9.66. The maximum atomic E-state index is 0. The van der Waals surface area contributed by atoms with Crippen LogP contribution < -0.4 is 0 Å². The third kappa shape index (κ3) is 9.01. The van der Waals surface area contributed by atoms with Crippen LogP contribution in [0.1, 0.15) is 0 Å². The second-order valence-electron chi connectivity index (χ2n) is 0. The average molecular weight is 283 g/mol. The van der Waals surface area contributed by atoms with Crippen LogP contribution in [0.5, 0.6) is 0 Å². The van der Waals surface area contributed by atoms with Crippen LogP contribution in [0.3, 0.4) is 0 Å². The van der Waals surface area contributed by atoms with Gasteiger partial charge in [-0.05, 0) is 0 Å². The fourth-order valence-electron chi connectivity index (χ4n) is 0. The molecule has 4 heteroatoms. The van der Waals surface area contributed by atoms with Gasteiger partial charge in [-0.3, -0.25) is 0 Å². The van der Waals surface area contributed by atoms with Crippen LogP contribution in [0.15, 0.2) is 0 Å². The van der Waals surface area contributed by atoms with Gasteiger partial charge in [-0.25, -0.2) is 0 Å². The molecule has 0 aromatic rings. The molecule has 4 heavy (non-hydrogen) atoms. The van der Waals surface area contributed by atoms with Crippen molar-refractivity contribution in [2.75, 3.05) is 0 Å². The Balaban J connectivity index is 0. The Kier molecular flexibility index (Phi) is 108. The number of hydrogen-bond acceptors (Lipinski definition) is 0. The maximum absolute atomic E-state index is 0. The molecule has 0 rings (SSSR count). The summed E-state index contributed by atoms with van der Waals surface area (Å²) in [6.45, 7) is 0. The van der Waals surface area contributed by atoms with Crippen molar-refractivity contribution in [1.29, 1.82) is 0 Å². The Morgan fingerprint density at radius 2 is 1.00 bits per heavy atom. The largest absolute Gasteiger partial charge is 0 e. The average Bonchev–Trinajstić information content (AvgIpc) is 0. The van der Waals surface area contributed by atoms with E-state index in [2.05, 4.69) is 0 Å². The van der Waals surface area contributed by atoms with Crippen LogP contribution in [0.25, 0.3) is 0 Å². The summed E-state index contributed by atoms with van der Waals surface area (Å²) in [5.74, 6) is 0. The van der Waals surface area contributed by atoms with E-state index >= 15 is 0 Å². The van der Waals surface area contributed by atoms with Gasteiger partial charge in [0.1, 0.15) is 0 Å². The van der Waals surface area contributed by atoms with Gasteiger partial charge in [0.05, 0.1) is 0 Å². The van der Waals surface area contributed by atoms with Gasteiger partial charge in [-0.1, -0.05) is 0 Å². The van der Waals surface area contributed by atoms with E-state index in [0.29, 0.717) is 0 Å². The molecule has 19 valence electrons. The minimum atomic E-state index is 0. The summed E-state index contributed by atoms with van der Waals surface area (Å²) < 4.78 is 0. The number of hydrogen-bond donors (Lipinski definition) is 0. The van der Waals surface area contributed by atoms with Crippen molar-refractivity contribution in [2.45, 2.75) is 0 Å². The van der Waals surface area contributed by atoms with Crippen LogP contribution in [0.2, 0.25) is 0 Å². The van der Waals surface area contributed by atoms with Crippen molar-refractivity contribution < 1.29 is 63.8 Å². The summed E-state index contributed by atoms with van der Waals surface area (Å²) in [5, 5.41) is 0. The number of rotatable bonds is 0. The molecular weight excluding hydrogens is 281 g/mol. The standard InChI is InChI=1S/Ca.Cd.Cu.Zn.2H. The van der Waals surface area contributed by atoms with Gasteiger partial charge in [-0.2, -0.15) is 0 Å². The molecule has 0 unspecified atom stereocenters. The van der Waals surface area contributed by atoms with Gasteiger partial charge in [0.25, 0.3) is 0 Å². The fraction of sp³-hybridized carbons (Fsp3) is 0. The molecule has 0 saturated heterocycles. The third-order valence-electron chi connectivity index (χ3n) is 0. The van der Waals surface area contributed by atoms with Crippen molar-refractivity contribution in [2.24, 2.45) is 0 Å². The molecule has 0 aliphatic heterocycles. The van der Waals surface area contributed by atoms with Crippen molar-refractivity contribution in [3.63, 3.8) is 0 Å². The molecule has 0 saturated carbocycles.